The molecule has 1 aromatic heterocycles. The summed E-state index contributed by atoms with van der Waals surface area (Å²) in [5.41, 5.74) is 1.98. The van der Waals surface area contributed by atoms with Gasteiger partial charge in [-0.2, -0.15) is 0 Å². The Bertz CT molecular complexity index is 465. The quantitative estimate of drug-likeness (QED) is 0.826. The van der Waals surface area contributed by atoms with Crippen LogP contribution in [0.4, 0.5) is 0 Å². The zero-order valence-corrected chi connectivity index (χ0v) is 8.90. The van der Waals surface area contributed by atoms with Crippen molar-refractivity contribution in [3.63, 3.8) is 0 Å². The average molecular weight is 201 g/mol. The molecule has 0 radical (unpaired) electrons. The van der Waals surface area contributed by atoms with Crippen LogP contribution in [-0.4, -0.2) is 10.1 Å². The molecular weight excluding hydrogens is 186 g/mol. The second-order valence-electron chi connectivity index (χ2n) is 3.75. The van der Waals surface area contributed by atoms with Gasteiger partial charge in [-0.15, -0.1) is 0 Å². The first-order chi connectivity index (χ1) is 7.31. The van der Waals surface area contributed by atoms with E-state index in [4.69, 9.17) is 0 Å². The van der Waals surface area contributed by atoms with Gasteiger partial charge in [0.2, 0.25) is 0 Å². The zero-order chi connectivity index (χ0) is 10.7. The number of rotatable bonds is 3. The second kappa shape index (κ2) is 4.30. The summed E-state index contributed by atoms with van der Waals surface area (Å²) in [6, 6.07) is 9.40. The number of pyridine rings is 1. The van der Waals surface area contributed by atoms with Gasteiger partial charge in [-0.1, -0.05) is 19.4 Å². The zero-order valence-electron chi connectivity index (χ0n) is 8.90. The fourth-order valence-corrected chi connectivity index (χ4v) is 1.68. The van der Waals surface area contributed by atoms with Gasteiger partial charge in [-0.05, 0) is 37.1 Å². The van der Waals surface area contributed by atoms with Gasteiger partial charge in [-0.25, -0.2) is 0 Å². The number of hydrogen-bond acceptors (Lipinski definition) is 2. The molecule has 1 heterocycles. The Morgan fingerprint density at radius 2 is 2.07 bits per heavy atom. The number of phenolic OH excluding ortho intramolecular Hbond substituents is 1. The Morgan fingerprint density at radius 3 is 2.87 bits per heavy atom. The standard InChI is InChI=1S/C13H15NO/c1-2-3-5-10-8-9-11-12(14-10)6-4-7-13(11)15/h4,6-9,15H,2-3,5H2,1H3. The highest BCUT2D eigenvalue weighted by Crippen LogP contribution is 2.23. The van der Waals surface area contributed by atoms with E-state index in [2.05, 4.69) is 11.9 Å². The van der Waals surface area contributed by atoms with Gasteiger partial charge in [-0.3, -0.25) is 4.98 Å². The third-order valence-electron chi connectivity index (χ3n) is 2.55. The van der Waals surface area contributed by atoms with Gasteiger partial charge in [0, 0.05) is 11.1 Å². The molecule has 0 aliphatic heterocycles. The van der Waals surface area contributed by atoms with Gasteiger partial charge in [0.05, 0.1) is 5.52 Å². The van der Waals surface area contributed by atoms with E-state index in [1.807, 2.05) is 24.3 Å². The summed E-state index contributed by atoms with van der Waals surface area (Å²) < 4.78 is 0. The number of aryl methyl sites for hydroxylation is 1. The Hall–Kier alpha value is -1.57. The molecule has 0 unspecified atom stereocenters. The monoisotopic (exact) mass is 201 g/mol. The minimum Gasteiger partial charge on any atom is -0.507 e. The summed E-state index contributed by atoms with van der Waals surface area (Å²) in [6.07, 6.45) is 3.36. The van der Waals surface area contributed by atoms with Crippen molar-refractivity contribution in [2.75, 3.05) is 0 Å². The molecular formula is C13H15NO. The maximum absolute atomic E-state index is 9.60. The lowest BCUT2D eigenvalue weighted by Crippen LogP contribution is -1.90. The van der Waals surface area contributed by atoms with Crippen LogP contribution in [0, 0.1) is 0 Å². The lowest BCUT2D eigenvalue weighted by Gasteiger charge is -2.03. The van der Waals surface area contributed by atoms with Crippen molar-refractivity contribution >= 4 is 10.9 Å². The molecule has 2 aromatic rings. The average Bonchev–Trinajstić information content (AvgIpc) is 2.26. The maximum atomic E-state index is 9.60. The van der Waals surface area contributed by atoms with E-state index in [1.54, 1.807) is 6.07 Å². The summed E-state index contributed by atoms with van der Waals surface area (Å²) in [5.74, 6) is 0.307. The molecule has 1 aromatic carbocycles. The molecule has 2 heteroatoms. The Labute approximate surface area is 89.6 Å². The van der Waals surface area contributed by atoms with E-state index in [1.165, 1.54) is 6.42 Å². The van der Waals surface area contributed by atoms with Crippen molar-refractivity contribution in [3.05, 3.63) is 36.0 Å². The number of hydrogen-bond donors (Lipinski definition) is 1. The molecule has 0 saturated heterocycles. The molecule has 0 aliphatic rings. The number of phenols is 1. The number of benzene rings is 1. The van der Waals surface area contributed by atoms with Crippen molar-refractivity contribution in [1.29, 1.82) is 0 Å². The Balaban J connectivity index is 2.39. The molecule has 0 fully saturated rings. The van der Waals surface area contributed by atoms with Crippen LogP contribution in [0.1, 0.15) is 25.5 Å². The summed E-state index contributed by atoms with van der Waals surface area (Å²) in [7, 11) is 0. The molecule has 0 spiro atoms. The highest BCUT2D eigenvalue weighted by molar-refractivity contribution is 5.84. The molecule has 2 nitrogen and oxygen atoms in total. The first-order valence-corrected chi connectivity index (χ1v) is 5.39. The third-order valence-corrected chi connectivity index (χ3v) is 2.55. The van der Waals surface area contributed by atoms with Gasteiger partial charge >= 0.3 is 0 Å². The fourth-order valence-electron chi connectivity index (χ4n) is 1.68. The minimum absolute atomic E-state index is 0.307. The van der Waals surface area contributed by atoms with E-state index in [0.717, 1.165) is 29.4 Å². The molecule has 78 valence electrons. The van der Waals surface area contributed by atoms with Crippen LogP contribution in [-0.2, 0) is 6.42 Å². The largest absolute Gasteiger partial charge is 0.507 e. The number of aromatic hydroxyl groups is 1. The number of aromatic nitrogens is 1. The van der Waals surface area contributed by atoms with Crippen LogP contribution in [0.3, 0.4) is 0 Å². The molecule has 0 bridgehead atoms. The van der Waals surface area contributed by atoms with Gasteiger partial charge < -0.3 is 5.11 Å². The minimum atomic E-state index is 0.307. The number of unbranched alkanes of at least 4 members (excludes halogenated alkanes) is 1. The van der Waals surface area contributed by atoms with Crippen LogP contribution >= 0.6 is 0 Å². The maximum Gasteiger partial charge on any atom is 0.124 e. The SMILES string of the molecule is CCCCc1ccc2c(O)cccc2n1. The third kappa shape index (κ3) is 2.09. The molecule has 0 aliphatic carbocycles. The fraction of sp³-hybridized carbons (Fsp3) is 0.308. The molecule has 0 amide bonds. The Morgan fingerprint density at radius 1 is 1.20 bits per heavy atom. The predicted octanol–water partition coefficient (Wildman–Crippen LogP) is 3.28. The Kier molecular flexibility index (Phi) is 2.86. The normalized spacial score (nSPS) is 10.7. The number of fused-ring (bicyclic) bond motifs is 1. The lowest BCUT2D eigenvalue weighted by molar-refractivity contribution is 0.481. The predicted molar refractivity (Wildman–Crippen MR) is 62.0 cm³/mol. The first kappa shape index (κ1) is 9.97. The smallest absolute Gasteiger partial charge is 0.124 e. The highest BCUT2D eigenvalue weighted by Gasteiger charge is 2.01. The van der Waals surface area contributed by atoms with Crippen molar-refractivity contribution in [3.8, 4) is 5.75 Å². The number of nitrogens with zero attached hydrogens (tertiary/aromatic N) is 1. The van der Waals surface area contributed by atoms with E-state index in [-0.39, 0.29) is 0 Å². The first-order valence-electron chi connectivity index (χ1n) is 5.39. The summed E-state index contributed by atoms with van der Waals surface area (Å²) in [5, 5.41) is 10.4. The second-order valence-corrected chi connectivity index (χ2v) is 3.75. The molecule has 0 atom stereocenters. The van der Waals surface area contributed by atoms with Crippen LogP contribution in [0.15, 0.2) is 30.3 Å². The van der Waals surface area contributed by atoms with Crippen molar-refractivity contribution < 1.29 is 5.11 Å². The van der Waals surface area contributed by atoms with E-state index >= 15 is 0 Å². The van der Waals surface area contributed by atoms with Crippen molar-refractivity contribution in [1.82, 2.24) is 4.98 Å². The molecule has 0 saturated carbocycles. The van der Waals surface area contributed by atoms with E-state index in [9.17, 15) is 5.11 Å². The van der Waals surface area contributed by atoms with Crippen LogP contribution in [0.2, 0.25) is 0 Å². The molecule has 1 N–H and O–H groups in total. The van der Waals surface area contributed by atoms with Crippen LogP contribution in [0.5, 0.6) is 5.75 Å². The summed E-state index contributed by atoms with van der Waals surface area (Å²) >= 11 is 0. The van der Waals surface area contributed by atoms with Crippen LogP contribution in [0.25, 0.3) is 10.9 Å². The van der Waals surface area contributed by atoms with Crippen molar-refractivity contribution in [2.45, 2.75) is 26.2 Å². The van der Waals surface area contributed by atoms with E-state index < -0.39 is 0 Å². The molecule has 2 rings (SSSR count). The van der Waals surface area contributed by atoms with Gasteiger partial charge in [0.15, 0.2) is 0 Å². The van der Waals surface area contributed by atoms with Crippen molar-refractivity contribution in [2.24, 2.45) is 0 Å². The lowest BCUT2D eigenvalue weighted by atomic mass is 10.1. The summed E-state index contributed by atoms with van der Waals surface area (Å²) in [6.45, 7) is 2.17. The van der Waals surface area contributed by atoms with Gasteiger partial charge in [0.1, 0.15) is 5.75 Å². The van der Waals surface area contributed by atoms with E-state index in [0.29, 0.717) is 5.75 Å². The topological polar surface area (TPSA) is 33.1 Å². The highest BCUT2D eigenvalue weighted by atomic mass is 16.3. The summed E-state index contributed by atoms with van der Waals surface area (Å²) in [4.78, 5) is 4.51. The van der Waals surface area contributed by atoms with Crippen LogP contribution < -0.4 is 0 Å². The molecule has 15 heavy (non-hydrogen) atoms. The van der Waals surface area contributed by atoms with Gasteiger partial charge in [0.25, 0.3) is 0 Å².